The fourth-order valence-corrected chi connectivity index (χ4v) is 10.4. The lowest BCUT2D eigenvalue weighted by Gasteiger charge is -2.30. The number of anilines is 3. The van der Waals surface area contributed by atoms with E-state index in [0.29, 0.717) is 0 Å². The summed E-state index contributed by atoms with van der Waals surface area (Å²) in [6.45, 7) is 4.78. The maximum Gasteiger partial charge on any atom is 0.0540 e. The highest BCUT2D eigenvalue weighted by Gasteiger charge is 2.37. The van der Waals surface area contributed by atoms with Gasteiger partial charge in [-0.3, -0.25) is 0 Å². The summed E-state index contributed by atoms with van der Waals surface area (Å²) < 4.78 is 2.60. The molecule has 1 heterocycles. The first-order chi connectivity index (χ1) is 27.0. The van der Waals surface area contributed by atoms with Gasteiger partial charge in [0.05, 0.1) is 5.69 Å². The van der Waals surface area contributed by atoms with Crippen LogP contribution in [0.25, 0.3) is 75.1 Å². The van der Waals surface area contributed by atoms with E-state index < -0.39 is 0 Å². The van der Waals surface area contributed by atoms with Gasteiger partial charge in [-0.25, -0.2) is 0 Å². The molecule has 1 aliphatic carbocycles. The zero-order chi connectivity index (χ0) is 36.7. The fraction of sp³-hybridized carbons (Fsp3) is 0.0566. The predicted molar refractivity (Wildman–Crippen MR) is 237 cm³/mol. The van der Waals surface area contributed by atoms with Gasteiger partial charge < -0.3 is 4.90 Å². The van der Waals surface area contributed by atoms with Crippen LogP contribution in [-0.4, -0.2) is 0 Å². The van der Waals surface area contributed by atoms with Crippen molar-refractivity contribution in [3.63, 3.8) is 0 Å². The molecule has 1 aromatic heterocycles. The lowest BCUT2D eigenvalue weighted by molar-refractivity contribution is 0.661. The molecule has 260 valence electrons. The molecule has 2 heteroatoms. The Balaban J connectivity index is 1.17. The average Bonchev–Trinajstić information content (AvgIpc) is 3.72. The molecule has 0 fully saturated rings. The van der Waals surface area contributed by atoms with E-state index in [-0.39, 0.29) is 5.41 Å². The SMILES string of the molecule is CC1(C)c2cc(N(c3ccc4c(c3)sc3ccccc34)c3ccccc3-c3cccc4cccc(-c5ccccc5)c34)ccc2-c2c1ccc1ccccc21. The Morgan fingerprint density at radius 3 is 1.95 bits per heavy atom. The molecule has 0 N–H and O–H groups in total. The minimum absolute atomic E-state index is 0.161. The summed E-state index contributed by atoms with van der Waals surface area (Å²) in [4.78, 5) is 2.50. The van der Waals surface area contributed by atoms with Crippen LogP contribution in [0.5, 0.6) is 0 Å². The summed E-state index contributed by atoms with van der Waals surface area (Å²) in [6.07, 6.45) is 0. The Labute approximate surface area is 325 Å². The van der Waals surface area contributed by atoms with E-state index in [0.717, 1.165) is 17.1 Å². The van der Waals surface area contributed by atoms with Crippen molar-refractivity contribution < 1.29 is 0 Å². The normalized spacial score (nSPS) is 13.1. The Morgan fingerprint density at radius 1 is 0.418 bits per heavy atom. The number of thiophene rings is 1. The lowest BCUT2D eigenvalue weighted by atomic mass is 9.82. The Bertz CT molecular complexity index is 3130. The van der Waals surface area contributed by atoms with Gasteiger partial charge in [0, 0.05) is 42.5 Å². The quantitative estimate of drug-likeness (QED) is 0.171. The summed E-state index contributed by atoms with van der Waals surface area (Å²) in [7, 11) is 0. The Kier molecular flexibility index (Phi) is 7.14. The second-order valence-corrected chi connectivity index (χ2v) is 16.4. The van der Waals surface area contributed by atoms with E-state index in [2.05, 4.69) is 207 Å². The molecule has 0 atom stereocenters. The number of fused-ring (bicyclic) bond motifs is 9. The Hall–Kier alpha value is -6.48. The van der Waals surface area contributed by atoms with Crippen LogP contribution in [0.15, 0.2) is 188 Å². The van der Waals surface area contributed by atoms with Gasteiger partial charge in [0.25, 0.3) is 0 Å². The van der Waals surface area contributed by atoms with E-state index in [4.69, 9.17) is 0 Å². The van der Waals surface area contributed by atoms with E-state index >= 15 is 0 Å². The molecule has 0 amide bonds. The molecule has 1 nitrogen and oxygen atoms in total. The highest BCUT2D eigenvalue weighted by Crippen LogP contribution is 2.54. The third kappa shape index (κ3) is 4.92. The summed E-state index contributed by atoms with van der Waals surface area (Å²) in [6, 6.07) is 69.7. The first-order valence-corrected chi connectivity index (χ1v) is 19.9. The molecule has 0 aliphatic heterocycles. The van der Waals surface area contributed by atoms with Gasteiger partial charge in [-0.05, 0) is 96.9 Å². The van der Waals surface area contributed by atoms with E-state index in [1.165, 1.54) is 86.2 Å². The topological polar surface area (TPSA) is 3.24 Å². The van der Waals surface area contributed by atoms with E-state index in [9.17, 15) is 0 Å². The second kappa shape index (κ2) is 12.3. The van der Waals surface area contributed by atoms with Gasteiger partial charge in [-0.15, -0.1) is 11.3 Å². The largest absolute Gasteiger partial charge is 0.310 e. The van der Waals surface area contributed by atoms with Crippen molar-refractivity contribution in [3.8, 4) is 33.4 Å². The predicted octanol–water partition coefficient (Wildman–Crippen LogP) is 15.5. The molecule has 0 spiro atoms. The molecule has 10 aromatic rings. The number of hydrogen-bond acceptors (Lipinski definition) is 2. The zero-order valence-corrected chi connectivity index (χ0v) is 31.6. The number of nitrogens with zero attached hydrogens (tertiary/aromatic N) is 1. The first-order valence-electron chi connectivity index (χ1n) is 19.1. The van der Waals surface area contributed by atoms with Crippen LogP contribution in [0.4, 0.5) is 17.1 Å². The molecule has 0 radical (unpaired) electrons. The highest BCUT2D eigenvalue weighted by molar-refractivity contribution is 7.25. The molecule has 0 saturated carbocycles. The monoisotopic (exact) mass is 719 g/mol. The zero-order valence-electron chi connectivity index (χ0n) is 30.8. The molecular weight excluding hydrogens is 683 g/mol. The van der Waals surface area contributed by atoms with Crippen LogP contribution in [0.2, 0.25) is 0 Å². The van der Waals surface area contributed by atoms with Crippen molar-refractivity contribution in [1.82, 2.24) is 0 Å². The van der Waals surface area contributed by atoms with Crippen LogP contribution in [0, 0.1) is 0 Å². The first kappa shape index (κ1) is 32.0. The van der Waals surface area contributed by atoms with Crippen molar-refractivity contribution in [1.29, 1.82) is 0 Å². The molecule has 55 heavy (non-hydrogen) atoms. The van der Waals surface area contributed by atoms with Crippen LogP contribution in [-0.2, 0) is 5.41 Å². The molecule has 0 bridgehead atoms. The van der Waals surface area contributed by atoms with Crippen LogP contribution in [0.3, 0.4) is 0 Å². The Morgan fingerprint density at radius 2 is 1.07 bits per heavy atom. The average molecular weight is 720 g/mol. The van der Waals surface area contributed by atoms with Gasteiger partial charge in [0.1, 0.15) is 0 Å². The maximum absolute atomic E-state index is 2.50. The van der Waals surface area contributed by atoms with Gasteiger partial charge in [-0.1, -0.05) is 166 Å². The number of hydrogen-bond donors (Lipinski definition) is 0. The molecular formula is C53H37NS. The molecule has 1 aliphatic rings. The minimum atomic E-state index is -0.161. The van der Waals surface area contributed by atoms with Crippen molar-refractivity contribution in [2.75, 3.05) is 4.90 Å². The van der Waals surface area contributed by atoms with Crippen LogP contribution in [0.1, 0.15) is 25.0 Å². The van der Waals surface area contributed by atoms with Gasteiger partial charge in [0.15, 0.2) is 0 Å². The summed E-state index contributed by atoms with van der Waals surface area (Å²) in [5.41, 5.74) is 13.6. The smallest absolute Gasteiger partial charge is 0.0540 e. The van der Waals surface area contributed by atoms with Crippen LogP contribution >= 0.6 is 11.3 Å². The van der Waals surface area contributed by atoms with Gasteiger partial charge >= 0.3 is 0 Å². The lowest BCUT2D eigenvalue weighted by Crippen LogP contribution is -2.17. The van der Waals surface area contributed by atoms with Crippen molar-refractivity contribution in [2.45, 2.75) is 19.3 Å². The fourth-order valence-electron chi connectivity index (χ4n) is 9.24. The van der Waals surface area contributed by atoms with Crippen LogP contribution < -0.4 is 4.90 Å². The molecule has 9 aromatic carbocycles. The van der Waals surface area contributed by atoms with E-state index in [1.807, 2.05) is 11.3 Å². The third-order valence-electron chi connectivity index (χ3n) is 11.9. The summed E-state index contributed by atoms with van der Waals surface area (Å²) >= 11 is 1.87. The van der Waals surface area contributed by atoms with Gasteiger partial charge in [-0.2, -0.15) is 0 Å². The second-order valence-electron chi connectivity index (χ2n) is 15.3. The molecule has 0 saturated heterocycles. The maximum atomic E-state index is 2.50. The number of para-hydroxylation sites is 1. The highest BCUT2D eigenvalue weighted by atomic mass is 32.1. The van der Waals surface area contributed by atoms with Crippen molar-refractivity contribution in [2.24, 2.45) is 0 Å². The summed E-state index contributed by atoms with van der Waals surface area (Å²) in [5, 5.41) is 7.72. The third-order valence-corrected chi connectivity index (χ3v) is 13.0. The number of rotatable bonds is 5. The number of benzene rings is 9. The molecule has 0 unspecified atom stereocenters. The minimum Gasteiger partial charge on any atom is -0.310 e. The molecule has 11 rings (SSSR count). The standard InChI is InChI=1S/C53H37NS/c1-53(2)46-31-26-35-16-6-7-19-40(35)52(46)45-30-28-37(32-47(45)53)54(38-27-29-43-42-21-9-11-25-49(42)55-50(43)33-38)48-24-10-8-20-41(48)44-23-13-18-36-17-12-22-39(51(36)44)34-14-4-3-5-15-34/h3-33H,1-2H3. The van der Waals surface area contributed by atoms with Crippen molar-refractivity contribution in [3.05, 3.63) is 199 Å². The van der Waals surface area contributed by atoms with Crippen molar-refractivity contribution >= 4 is 70.1 Å². The summed E-state index contributed by atoms with van der Waals surface area (Å²) in [5.74, 6) is 0. The van der Waals surface area contributed by atoms with E-state index in [1.54, 1.807) is 0 Å². The van der Waals surface area contributed by atoms with Gasteiger partial charge in [0.2, 0.25) is 0 Å².